The molecule has 0 aliphatic carbocycles. The van der Waals surface area contributed by atoms with Crippen LogP contribution in [0.3, 0.4) is 0 Å². The summed E-state index contributed by atoms with van der Waals surface area (Å²) >= 11 is 0. The van der Waals surface area contributed by atoms with Crippen LogP contribution in [0.5, 0.6) is 0 Å². The zero-order valence-electron chi connectivity index (χ0n) is 13.0. The highest BCUT2D eigenvalue weighted by Crippen LogP contribution is 2.36. The lowest BCUT2D eigenvalue weighted by atomic mass is 9.80. The summed E-state index contributed by atoms with van der Waals surface area (Å²) in [6.07, 6.45) is 1.93. The molecule has 1 atom stereocenters. The first-order valence-corrected chi connectivity index (χ1v) is 9.09. The van der Waals surface area contributed by atoms with Crippen molar-refractivity contribution < 1.29 is 8.42 Å². The molecule has 0 radical (unpaired) electrons. The normalized spacial score (nSPS) is 23.1. The van der Waals surface area contributed by atoms with Crippen molar-refractivity contribution in [2.75, 3.05) is 25.0 Å². The number of fused-ring (bicyclic) bond motifs is 1. The molecule has 116 valence electrons. The van der Waals surface area contributed by atoms with E-state index in [1.165, 1.54) is 5.56 Å². The summed E-state index contributed by atoms with van der Waals surface area (Å²) in [4.78, 5) is 0.421. The van der Waals surface area contributed by atoms with Gasteiger partial charge in [-0.2, -0.15) is 4.31 Å². The van der Waals surface area contributed by atoms with E-state index < -0.39 is 10.0 Å². The van der Waals surface area contributed by atoms with Gasteiger partial charge in [-0.1, -0.05) is 26.8 Å². The van der Waals surface area contributed by atoms with Crippen LogP contribution in [0.15, 0.2) is 23.1 Å². The fraction of sp³-hybridized carbons (Fsp3) is 0.625. The van der Waals surface area contributed by atoms with Gasteiger partial charge < -0.3 is 5.32 Å². The van der Waals surface area contributed by atoms with E-state index in [-0.39, 0.29) is 5.41 Å². The molecule has 5 heteroatoms. The van der Waals surface area contributed by atoms with Crippen molar-refractivity contribution in [3.05, 3.63) is 23.8 Å². The van der Waals surface area contributed by atoms with Gasteiger partial charge in [0.25, 0.3) is 0 Å². The lowest BCUT2D eigenvalue weighted by Gasteiger charge is -2.26. The average Bonchev–Trinajstić information content (AvgIpc) is 3.06. The minimum Gasteiger partial charge on any atom is -0.384 e. The second-order valence-electron chi connectivity index (χ2n) is 7.21. The molecule has 4 nitrogen and oxygen atoms in total. The molecule has 1 aromatic rings. The molecule has 1 saturated heterocycles. The van der Waals surface area contributed by atoms with Crippen molar-refractivity contribution in [1.82, 2.24) is 4.31 Å². The molecule has 0 saturated carbocycles. The number of hydrogen-bond acceptors (Lipinski definition) is 3. The summed E-state index contributed by atoms with van der Waals surface area (Å²) in [6.45, 7) is 8.73. The second-order valence-corrected chi connectivity index (χ2v) is 9.15. The maximum Gasteiger partial charge on any atom is 0.243 e. The predicted molar refractivity (Wildman–Crippen MR) is 85.0 cm³/mol. The van der Waals surface area contributed by atoms with Crippen molar-refractivity contribution in [1.29, 1.82) is 0 Å². The van der Waals surface area contributed by atoms with Gasteiger partial charge in [-0.3, -0.25) is 0 Å². The molecule has 3 rings (SSSR count). The third kappa shape index (κ3) is 2.69. The molecule has 0 bridgehead atoms. The summed E-state index contributed by atoms with van der Waals surface area (Å²) in [6, 6.07) is 5.49. The first-order valence-electron chi connectivity index (χ1n) is 7.65. The molecular formula is C16H24N2O2S. The summed E-state index contributed by atoms with van der Waals surface area (Å²) in [7, 11) is -3.36. The molecule has 21 heavy (non-hydrogen) atoms. The molecule has 2 aliphatic heterocycles. The largest absolute Gasteiger partial charge is 0.384 e. The molecule has 1 unspecified atom stereocenters. The molecule has 0 amide bonds. The summed E-state index contributed by atoms with van der Waals surface area (Å²) in [5.74, 6) is 0.430. The van der Waals surface area contributed by atoms with Gasteiger partial charge in [0.05, 0.1) is 4.90 Å². The Kier molecular flexibility index (Phi) is 3.53. The quantitative estimate of drug-likeness (QED) is 0.914. The molecule has 1 aromatic carbocycles. The standard InChI is InChI=1S/C16H24N2O2S/c1-16(2,3)13-7-9-18(11-13)21(19,20)14-5-4-12-6-8-17-15(12)10-14/h4-5,10,13,17H,6-9,11H2,1-3H3. The average molecular weight is 308 g/mol. The first-order chi connectivity index (χ1) is 9.78. The van der Waals surface area contributed by atoms with Gasteiger partial charge in [0.2, 0.25) is 10.0 Å². The molecule has 2 aliphatic rings. The molecule has 1 fully saturated rings. The van der Waals surface area contributed by atoms with E-state index in [4.69, 9.17) is 0 Å². The highest BCUT2D eigenvalue weighted by atomic mass is 32.2. The molecule has 0 aromatic heterocycles. The van der Waals surface area contributed by atoms with Crippen molar-refractivity contribution in [2.45, 2.75) is 38.5 Å². The first kappa shape index (κ1) is 14.9. The van der Waals surface area contributed by atoms with E-state index in [9.17, 15) is 8.42 Å². The van der Waals surface area contributed by atoms with Gasteiger partial charge in [-0.15, -0.1) is 0 Å². The van der Waals surface area contributed by atoms with Gasteiger partial charge in [0.1, 0.15) is 0 Å². The zero-order valence-corrected chi connectivity index (χ0v) is 13.8. The monoisotopic (exact) mass is 308 g/mol. The maximum absolute atomic E-state index is 12.8. The van der Waals surface area contributed by atoms with Crippen LogP contribution in [0.1, 0.15) is 32.8 Å². The summed E-state index contributed by atoms with van der Waals surface area (Å²) in [5.41, 5.74) is 2.34. The highest BCUT2D eigenvalue weighted by molar-refractivity contribution is 7.89. The van der Waals surface area contributed by atoms with Crippen molar-refractivity contribution in [2.24, 2.45) is 11.3 Å². The Hall–Kier alpha value is -1.07. The third-order valence-corrected chi connectivity index (χ3v) is 6.67. The van der Waals surface area contributed by atoms with Crippen LogP contribution in [-0.2, 0) is 16.4 Å². The molecular weight excluding hydrogens is 284 g/mol. The van der Waals surface area contributed by atoms with Gasteiger partial charge in [0, 0.05) is 25.3 Å². The van der Waals surface area contributed by atoms with Crippen LogP contribution in [0, 0.1) is 11.3 Å². The number of rotatable bonds is 2. The Labute approximate surface area is 127 Å². The van der Waals surface area contributed by atoms with Crippen molar-refractivity contribution in [3.8, 4) is 0 Å². The lowest BCUT2D eigenvalue weighted by Crippen LogP contribution is -2.31. The van der Waals surface area contributed by atoms with E-state index in [1.54, 1.807) is 16.4 Å². The molecule has 1 N–H and O–H groups in total. The van der Waals surface area contributed by atoms with E-state index >= 15 is 0 Å². The SMILES string of the molecule is CC(C)(C)C1CCN(S(=O)(=O)c2ccc3c(c2)NCC3)C1. The van der Waals surface area contributed by atoms with Gasteiger partial charge in [-0.25, -0.2) is 8.42 Å². The van der Waals surface area contributed by atoms with Gasteiger partial charge in [0.15, 0.2) is 0 Å². The zero-order chi connectivity index (χ0) is 15.3. The Morgan fingerprint density at radius 1 is 1.29 bits per heavy atom. The minimum absolute atomic E-state index is 0.157. The van der Waals surface area contributed by atoms with E-state index in [0.717, 1.165) is 25.1 Å². The topological polar surface area (TPSA) is 49.4 Å². The number of nitrogens with zero attached hydrogens (tertiary/aromatic N) is 1. The molecule has 2 heterocycles. The van der Waals surface area contributed by atoms with Crippen LogP contribution in [0.4, 0.5) is 5.69 Å². The number of sulfonamides is 1. The summed E-state index contributed by atoms with van der Waals surface area (Å²) < 4.78 is 27.3. The number of anilines is 1. The van der Waals surface area contributed by atoms with E-state index in [2.05, 4.69) is 26.1 Å². The van der Waals surface area contributed by atoms with Crippen LogP contribution in [0.2, 0.25) is 0 Å². The maximum atomic E-state index is 12.8. The Morgan fingerprint density at radius 3 is 2.71 bits per heavy atom. The Balaban J connectivity index is 1.85. The number of benzene rings is 1. The van der Waals surface area contributed by atoms with Crippen LogP contribution in [-0.4, -0.2) is 32.4 Å². The predicted octanol–water partition coefficient (Wildman–Crippen LogP) is 2.71. The smallest absolute Gasteiger partial charge is 0.243 e. The fourth-order valence-electron chi connectivity index (χ4n) is 3.23. The second kappa shape index (κ2) is 4.99. The van der Waals surface area contributed by atoms with Crippen LogP contribution < -0.4 is 5.32 Å². The van der Waals surface area contributed by atoms with Gasteiger partial charge >= 0.3 is 0 Å². The fourth-order valence-corrected chi connectivity index (χ4v) is 4.76. The lowest BCUT2D eigenvalue weighted by molar-refractivity contribution is 0.252. The number of nitrogens with one attached hydrogen (secondary N) is 1. The van der Waals surface area contributed by atoms with Crippen molar-refractivity contribution >= 4 is 15.7 Å². The van der Waals surface area contributed by atoms with Gasteiger partial charge in [-0.05, 0) is 41.9 Å². The van der Waals surface area contributed by atoms with Crippen LogP contribution >= 0.6 is 0 Å². The summed E-state index contributed by atoms with van der Waals surface area (Å²) in [5, 5.41) is 3.25. The van der Waals surface area contributed by atoms with E-state index in [0.29, 0.717) is 23.9 Å². The highest BCUT2D eigenvalue weighted by Gasteiger charge is 2.37. The number of hydrogen-bond donors (Lipinski definition) is 1. The molecule has 0 spiro atoms. The van der Waals surface area contributed by atoms with Crippen LogP contribution in [0.25, 0.3) is 0 Å². The van der Waals surface area contributed by atoms with Crippen molar-refractivity contribution in [3.63, 3.8) is 0 Å². The third-order valence-electron chi connectivity index (χ3n) is 4.80. The minimum atomic E-state index is -3.36. The van der Waals surface area contributed by atoms with E-state index in [1.807, 2.05) is 6.07 Å². The Morgan fingerprint density at radius 2 is 2.05 bits per heavy atom. The Bertz CT molecular complexity index is 647.